The fraction of sp³-hybridized carbons (Fsp3) is 0.107. The van der Waals surface area contributed by atoms with Gasteiger partial charge in [-0.1, -0.05) is 103 Å². The molecule has 0 saturated heterocycles. The number of benzene rings is 4. The van der Waals surface area contributed by atoms with Crippen LogP contribution < -0.4 is 10.1 Å². The van der Waals surface area contributed by atoms with Crippen LogP contribution in [0.15, 0.2) is 109 Å². The highest BCUT2D eigenvalue weighted by atomic mass is 16.5. The highest BCUT2D eigenvalue weighted by molar-refractivity contribution is 5.97. The normalized spacial score (nSPS) is 10.6. The van der Waals surface area contributed by atoms with Crippen LogP contribution in [0.3, 0.4) is 0 Å². The SMILES string of the molecule is Cc1cccc(COc2ccccc2C(=O)NC(c2ccccc2)c2ccccc2)c1. The molecule has 3 heteroatoms. The molecule has 0 aliphatic carbocycles. The van der Waals surface area contributed by atoms with Crippen molar-refractivity contribution in [2.24, 2.45) is 0 Å². The summed E-state index contributed by atoms with van der Waals surface area (Å²) in [4.78, 5) is 13.3. The number of aryl methyl sites for hydroxylation is 1. The van der Waals surface area contributed by atoms with E-state index < -0.39 is 0 Å². The molecule has 4 rings (SSSR count). The summed E-state index contributed by atoms with van der Waals surface area (Å²) in [6.07, 6.45) is 0. The van der Waals surface area contributed by atoms with Gasteiger partial charge in [0.25, 0.3) is 5.91 Å². The lowest BCUT2D eigenvalue weighted by Gasteiger charge is -2.21. The third-order valence-electron chi connectivity index (χ3n) is 5.15. The molecule has 0 spiro atoms. The molecule has 0 fully saturated rings. The van der Waals surface area contributed by atoms with Crippen molar-refractivity contribution in [3.05, 3.63) is 137 Å². The Morgan fingerprint density at radius 3 is 2.03 bits per heavy atom. The summed E-state index contributed by atoms with van der Waals surface area (Å²) >= 11 is 0. The van der Waals surface area contributed by atoms with Gasteiger partial charge in [0.1, 0.15) is 12.4 Å². The lowest BCUT2D eigenvalue weighted by Crippen LogP contribution is -2.29. The smallest absolute Gasteiger partial charge is 0.255 e. The molecule has 0 atom stereocenters. The summed E-state index contributed by atoms with van der Waals surface area (Å²) in [5.74, 6) is 0.402. The van der Waals surface area contributed by atoms with Gasteiger partial charge in [-0.3, -0.25) is 4.79 Å². The van der Waals surface area contributed by atoms with Gasteiger partial charge in [-0.15, -0.1) is 0 Å². The average Bonchev–Trinajstić information content (AvgIpc) is 2.82. The minimum Gasteiger partial charge on any atom is -0.488 e. The Kier molecular flexibility index (Phi) is 6.44. The maximum Gasteiger partial charge on any atom is 0.255 e. The van der Waals surface area contributed by atoms with Crippen molar-refractivity contribution in [2.45, 2.75) is 19.6 Å². The molecule has 0 heterocycles. The zero-order chi connectivity index (χ0) is 21.5. The summed E-state index contributed by atoms with van der Waals surface area (Å²) < 4.78 is 6.03. The van der Waals surface area contributed by atoms with Gasteiger partial charge in [0.15, 0.2) is 0 Å². The Morgan fingerprint density at radius 2 is 1.39 bits per heavy atom. The zero-order valence-corrected chi connectivity index (χ0v) is 17.5. The van der Waals surface area contributed by atoms with Crippen molar-refractivity contribution in [1.82, 2.24) is 5.32 Å². The topological polar surface area (TPSA) is 38.3 Å². The lowest BCUT2D eigenvalue weighted by atomic mass is 9.98. The van der Waals surface area contributed by atoms with E-state index in [0.717, 1.165) is 16.7 Å². The van der Waals surface area contributed by atoms with E-state index in [-0.39, 0.29) is 11.9 Å². The number of rotatable bonds is 7. The molecule has 154 valence electrons. The minimum absolute atomic E-state index is 0.169. The largest absolute Gasteiger partial charge is 0.488 e. The summed E-state index contributed by atoms with van der Waals surface area (Å²) in [6.45, 7) is 2.46. The Hall–Kier alpha value is -3.85. The molecule has 0 aliphatic heterocycles. The fourth-order valence-electron chi connectivity index (χ4n) is 3.60. The first-order valence-corrected chi connectivity index (χ1v) is 10.4. The number of carbonyl (C=O) groups is 1. The van der Waals surface area contributed by atoms with Crippen LogP contribution in [-0.4, -0.2) is 5.91 Å². The van der Waals surface area contributed by atoms with Gasteiger partial charge < -0.3 is 10.1 Å². The van der Waals surface area contributed by atoms with Gasteiger partial charge in [-0.25, -0.2) is 0 Å². The Labute approximate surface area is 183 Å². The van der Waals surface area contributed by atoms with Crippen LogP contribution in [0.2, 0.25) is 0 Å². The minimum atomic E-state index is -0.250. The first-order valence-electron chi connectivity index (χ1n) is 10.4. The molecule has 4 aromatic carbocycles. The summed E-state index contributed by atoms with van der Waals surface area (Å²) in [5.41, 5.74) is 4.83. The van der Waals surface area contributed by atoms with Crippen molar-refractivity contribution < 1.29 is 9.53 Å². The van der Waals surface area contributed by atoms with Crippen molar-refractivity contribution in [2.75, 3.05) is 0 Å². The fourth-order valence-corrected chi connectivity index (χ4v) is 3.60. The van der Waals surface area contributed by atoms with Gasteiger partial charge in [0, 0.05) is 0 Å². The van der Waals surface area contributed by atoms with Gasteiger partial charge in [0.2, 0.25) is 0 Å². The molecule has 0 unspecified atom stereocenters. The van der Waals surface area contributed by atoms with Gasteiger partial charge in [-0.2, -0.15) is 0 Å². The molecule has 0 saturated carbocycles. The van der Waals surface area contributed by atoms with Crippen LogP contribution in [0.25, 0.3) is 0 Å². The van der Waals surface area contributed by atoms with Gasteiger partial charge >= 0.3 is 0 Å². The van der Waals surface area contributed by atoms with Crippen molar-refractivity contribution >= 4 is 5.91 Å². The number of amides is 1. The monoisotopic (exact) mass is 407 g/mol. The van der Waals surface area contributed by atoms with Crippen molar-refractivity contribution in [3.63, 3.8) is 0 Å². The van der Waals surface area contributed by atoms with Crippen LogP contribution in [0.5, 0.6) is 5.75 Å². The third-order valence-corrected chi connectivity index (χ3v) is 5.15. The maximum atomic E-state index is 13.3. The second kappa shape index (κ2) is 9.77. The van der Waals surface area contributed by atoms with Gasteiger partial charge in [-0.05, 0) is 35.7 Å². The number of ether oxygens (including phenoxy) is 1. The second-order valence-electron chi connectivity index (χ2n) is 7.50. The predicted molar refractivity (Wildman–Crippen MR) is 124 cm³/mol. The van der Waals surface area contributed by atoms with Crippen molar-refractivity contribution in [1.29, 1.82) is 0 Å². The molecule has 3 nitrogen and oxygen atoms in total. The Bertz CT molecular complexity index is 1100. The third kappa shape index (κ3) is 5.20. The summed E-state index contributed by atoms with van der Waals surface area (Å²) in [5, 5.41) is 3.19. The average molecular weight is 408 g/mol. The van der Waals surface area contributed by atoms with Crippen LogP contribution >= 0.6 is 0 Å². The van der Waals surface area contributed by atoms with Gasteiger partial charge in [0.05, 0.1) is 11.6 Å². The molecule has 1 amide bonds. The maximum absolute atomic E-state index is 13.3. The summed E-state index contributed by atoms with van der Waals surface area (Å²) in [7, 11) is 0. The van der Waals surface area contributed by atoms with Crippen LogP contribution in [0, 0.1) is 6.92 Å². The predicted octanol–water partition coefficient (Wildman–Crippen LogP) is 6.09. The van der Waals surface area contributed by atoms with E-state index >= 15 is 0 Å². The molecule has 4 aromatic rings. The molecule has 0 aliphatic rings. The van der Waals surface area contributed by atoms with E-state index in [1.54, 1.807) is 6.07 Å². The quantitative estimate of drug-likeness (QED) is 0.402. The highest BCUT2D eigenvalue weighted by Crippen LogP contribution is 2.25. The molecule has 31 heavy (non-hydrogen) atoms. The van der Waals surface area contributed by atoms with Crippen LogP contribution in [0.4, 0.5) is 0 Å². The molecule has 0 radical (unpaired) electrons. The van der Waals surface area contributed by atoms with E-state index in [9.17, 15) is 4.79 Å². The van der Waals surface area contributed by atoms with E-state index in [4.69, 9.17) is 4.74 Å². The van der Waals surface area contributed by atoms with E-state index in [1.165, 1.54) is 5.56 Å². The molecular formula is C28H25NO2. The number of hydrogen-bond acceptors (Lipinski definition) is 2. The highest BCUT2D eigenvalue weighted by Gasteiger charge is 2.20. The van der Waals surface area contributed by atoms with E-state index in [2.05, 4.69) is 24.4 Å². The second-order valence-corrected chi connectivity index (χ2v) is 7.50. The first-order chi connectivity index (χ1) is 15.2. The Balaban J connectivity index is 1.57. The molecule has 1 N–H and O–H groups in total. The summed E-state index contributed by atoms with van der Waals surface area (Å²) in [6, 6.07) is 35.3. The number of hydrogen-bond donors (Lipinski definition) is 1. The lowest BCUT2D eigenvalue weighted by molar-refractivity contribution is 0.0938. The van der Waals surface area contributed by atoms with Crippen LogP contribution in [-0.2, 0) is 6.61 Å². The number of para-hydroxylation sites is 1. The van der Waals surface area contributed by atoms with Crippen molar-refractivity contribution in [3.8, 4) is 5.75 Å². The Morgan fingerprint density at radius 1 is 0.774 bits per heavy atom. The number of carbonyl (C=O) groups excluding carboxylic acids is 1. The van der Waals surface area contributed by atoms with E-state index in [1.807, 2.05) is 91.0 Å². The molecular weight excluding hydrogens is 382 g/mol. The standard InChI is InChI=1S/C28H25NO2/c1-21-11-10-12-22(19-21)20-31-26-18-9-8-17-25(26)28(30)29-27(23-13-4-2-5-14-23)24-15-6-3-7-16-24/h2-19,27H,20H2,1H3,(H,29,30). The number of nitrogens with one attached hydrogen (secondary N) is 1. The zero-order valence-electron chi connectivity index (χ0n) is 17.5. The van der Waals surface area contributed by atoms with Crippen LogP contribution in [0.1, 0.15) is 38.7 Å². The molecule has 0 aromatic heterocycles. The first kappa shape index (κ1) is 20.4. The van der Waals surface area contributed by atoms with E-state index in [0.29, 0.717) is 17.9 Å². The molecule has 0 bridgehead atoms.